The van der Waals surface area contributed by atoms with Gasteiger partial charge in [-0.15, -0.1) is 0 Å². The third-order valence-electron chi connectivity index (χ3n) is 2.23. The molecule has 0 aliphatic heterocycles. The highest BCUT2D eigenvalue weighted by atomic mass is 79.9. The lowest BCUT2D eigenvalue weighted by Crippen LogP contribution is -2.08. The third kappa shape index (κ3) is 4.04. The zero-order valence-corrected chi connectivity index (χ0v) is 11.2. The van der Waals surface area contributed by atoms with Gasteiger partial charge in [-0.2, -0.15) is 0 Å². The van der Waals surface area contributed by atoms with Crippen LogP contribution in [0.5, 0.6) is 11.5 Å². The molecule has 0 radical (unpaired) electrons. The number of benzene rings is 2. The molecule has 0 aliphatic carbocycles. The van der Waals surface area contributed by atoms with Crippen molar-refractivity contribution < 1.29 is 13.9 Å². The number of halogens is 2. The highest BCUT2D eigenvalue weighted by Crippen LogP contribution is 2.16. The van der Waals surface area contributed by atoms with E-state index in [4.69, 9.17) is 9.47 Å². The van der Waals surface area contributed by atoms with E-state index >= 15 is 0 Å². The molecular formula is C14H12BrFO2. The van der Waals surface area contributed by atoms with Gasteiger partial charge in [-0.25, -0.2) is 4.39 Å². The standard InChI is InChI=1S/C14H12BrFO2/c15-11-4-6-13(7-5-11)17-8-9-18-14-3-1-2-12(16)10-14/h1-7,10H,8-9H2. The average molecular weight is 311 g/mol. The molecule has 0 unspecified atom stereocenters. The van der Waals surface area contributed by atoms with Crippen molar-refractivity contribution in [2.75, 3.05) is 13.2 Å². The van der Waals surface area contributed by atoms with Crippen molar-refractivity contribution in [2.24, 2.45) is 0 Å². The van der Waals surface area contributed by atoms with Crippen LogP contribution in [-0.2, 0) is 0 Å². The van der Waals surface area contributed by atoms with Crippen LogP contribution in [-0.4, -0.2) is 13.2 Å². The molecule has 2 rings (SSSR count). The van der Waals surface area contributed by atoms with Gasteiger partial charge >= 0.3 is 0 Å². The van der Waals surface area contributed by atoms with Gasteiger partial charge in [0.1, 0.15) is 30.5 Å². The molecule has 94 valence electrons. The second-order valence-electron chi connectivity index (χ2n) is 3.61. The van der Waals surface area contributed by atoms with Gasteiger partial charge in [0.25, 0.3) is 0 Å². The SMILES string of the molecule is Fc1cccc(OCCOc2ccc(Br)cc2)c1. The Labute approximate surface area is 113 Å². The lowest BCUT2D eigenvalue weighted by atomic mass is 10.3. The Morgan fingerprint density at radius 2 is 1.56 bits per heavy atom. The van der Waals surface area contributed by atoms with Crippen LogP contribution in [0.1, 0.15) is 0 Å². The van der Waals surface area contributed by atoms with E-state index < -0.39 is 0 Å². The van der Waals surface area contributed by atoms with Crippen LogP contribution >= 0.6 is 15.9 Å². The molecule has 0 bridgehead atoms. The first-order valence-corrected chi connectivity index (χ1v) is 6.30. The summed E-state index contributed by atoms with van der Waals surface area (Å²) in [5.74, 6) is 0.983. The summed E-state index contributed by atoms with van der Waals surface area (Å²) in [5.41, 5.74) is 0. The summed E-state index contributed by atoms with van der Waals surface area (Å²) in [4.78, 5) is 0. The van der Waals surface area contributed by atoms with E-state index in [0.717, 1.165) is 10.2 Å². The number of rotatable bonds is 5. The summed E-state index contributed by atoms with van der Waals surface area (Å²) < 4.78 is 24.7. The first-order valence-electron chi connectivity index (χ1n) is 5.51. The van der Waals surface area contributed by atoms with E-state index in [0.29, 0.717) is 19.0 Å². The zero-order chi connectivity index (χ0) is 12.8. The van der Waals surface area contributed by atoms with Gasteiger partial charge in [-0.3, -0.25) is 0 Å². The minimum atomic E-state index is -0.304. The number of ether oxygens (including phenoxy) is 2. The summed E-state index contributed by atoms with van der Waals surface area (Å²) in [6, 6.07) is 13.6. The van der Waals surface area contributed by atoms with E-state index in [1.807, 2.05) is 24.3 Å². The van der Waals surface area contributed by atoms with Crippen molar-refractivity contribution in [3.05, 3.63) is 58.8 Å². The molecule has 18 heavy (non-hydrogen) atoms. The molecule has 4 heteroatoms. The summed E-state index contributed by atoms with van der Waals surface area (Å²) >= 11 is 3.35. The lowest BCUT2D eigenvalue weighted by Gasteiger charge is -2.08. The molecule has 0 spiro atoms. The normalized spacial score (nSPS) is 10.1. The Kier molecular flexibility index (Phi) is 4.59. The molecule has 0 atom stereocenters. The summed E-state index contributed by atoms with van der Waals surface area (Å²) in [7, 11) is 0. The van der Waals surface area contributed by atoms with E-state index in [-0.39, 0.29) is 5.82 Å². The quantitative estimate of drug-likeness (QED) is 0.776. The molecule has 0 N–H and O–H groups in total. The minimum absolute atomic E-state index is 0.304. The van der Waals surface area contributed by atoms with Crippen molar-refractivity contribution >= 4 is 15.9 Å². The molecule has 0 fully saturated rings. The highest BCUT2D eigenvalue weighted by molar-refractivity contribution is 9.10. The van der Waals surface area contributed by atoms with E-state index in [1.165, 1.54) is 12.1 Å². The van der Waals surface area contributed by atoms with Crippen molar-refractivity contribution in [3.8, 4) is 11.5 Å². The molecular weight excluding hydrogens is 299 g/mol. The third-order valence-corrected chi connectivity index (χ3v) is 2.76. The molecule has 0 amide bonds. The van der Waals surface area contributed by atoms with Gasteiger partial charge in [0.15, 0.2) is 0 Å². The molecule has 2 nitrogen and oxygen atoms in total. The molecule has 2 aromatic carbocycles. The Hall–Kier alpha value is -1.55. The molecule has 0 aromatic heterocycles. The van der Waals surface area contributed by atoms with Gasteiger partial charge in [-0.05, 0) is 36.4 Å². The van der Waals surface area contributed by atoms with Crippen LogP contribution in [0.3, 0.4) is 0 Å². The summed E-state index contributed by atoms with van der Waals surface area (Å²) in [6.07, 6.45) is 0. The van der Waals surface area contributed by atoms with Crippen molar-refractivity contribution in [1.29, 1.82) is 0 Å². The zero-order valence-electron chi connectivity index (χ0n) is 9.61. The van der Waals surface area contributed by atoms with Crippen LogP contribution in [0.25, 0.3) is 0 Å². The second kappa shape index (κ2) is 6.40. The van der Waals surface area contributed by atoms with Crippen LogP contribution in [0.15, 0.2) is 53.0 Å². The van der Waals surface area contributed by atoms with Crippen LogP contribution in [0.2, 0.25) is 0 Å². The molecule has 0 saturated heterocycles. The summed E-state index contributed by atoms with van der Waals surface area (Å²) in [5, 5.41) is 0. The smallest absolute Gasteiger partial charge is 0.126 e. The lowest BCUT2D eigenvalue weighted by molar-refractivity contribution is 0.216. The Morgan fingerprint density at radius 1 is 0.889 bits per heavy atom. The van der Waals surface area contributed by atoms with Crippen LogP contribution in [0.4, 0.5) is 4.39 Å². The second-order valence-corrected chi connectivity index (χ2v) is 4.52. The number of hydrogen-bond acceptors (Lipinski definition) is 2. The van der Waals surface area contributed by atoms with Crippen molar-refractivity contribution in [1.82, 2.24) is 0 Å². The molecule has 2 aromatic rings. The van der Waals surface area contributed by atoms with E-state index in [9.17, 15) is 4.39 Å². The van der Waals surface area contributed by atoms with E-state index in [2.05, 4.69) is 15.9 Å². The fourth-order valence-electron chi connectivity index (χ4n) is 1.41. The molecule has 0 saturated carbocycles. The average Bonchev–Trinajstić information content (AvgIpc) is 2.37. The molecule has 0 heterocycles. The van der Waals surface area contributed by atoms with Gasteiger partial charge in [0, 0.05) is 10.5 Å². The summed E-state index contributed by atoms with van der Waals surface area (Å²) in [6.45, 7) is 0.789. The Bertz CT molecular complexity index is 499. The maximum absolute atomic E-state index is 12.9. The number of hydrogen-bond donors (Lipinski definition) is 0. The highest BCUT2D eigenvalue weighted by Gasteiger charge is 1.97. The minimum Gasteiger partial charge on any atom is -0.490 e. The Balaban J connectivity index is 1.74. The Morgan fingerprint density at radius 3 is 2.22 bits per heavy atom. The first-order chi connectivity index (χ1) is 8.74. The van der Waals surface area contributed by atoms with Gasteiger partial charge in [-0.1, -0.05) is 22.0 Å². The van der Waals surface area contributed by atoms with Gasteiger partial charge < -0.3 is 9.47 Å². The predicted octanol–water partition coefficient (Wildman–Crippen LogP) is 4.05. The maximum Gasteiger partial charge on any atom is 0.126 e. The monoisotopic (exact) mass is 310 g/mol. The first kappa shape index (κ1) is 12.9. The van der Waals surface area contributed by atoms with Crippen LogP contribution < -0.4 is 9.47 Å². The largest absolute Gasteiger partial charge is 0.490 e. The van der Waals surface area contributed by atoms with Gasteiger partial charge in [0.05, 0.1) is 0 Å². The predicted molar refractivity (Wildman–Crippen MR) is 71.5 cm³/mol. The maximum atomic E-state index is 12.9. The van der Waals surface area contributed by atoms with E-state index in [1.54, 1.807) is 12.1 Å². The van der Waals surface area contributed by atoms with Gasteiger partial charge in [0.2, 0.25) is 0 Å². The fraction of sp³-hybridized carbons (Fsp3) is 0.143. The topological polar surface area (TPSA) is 18.5 Å². The fourth-order valence-corrected chi connectivity index (χ4v) is 1.67. The van der Waals surface area contributed by atoms with Crippen LogP contribution in [0, 0.1) is 5.82 Å². The van der Waals surface area contributed by atoms with Crippen molar-refractivity contribution in [2.45, 2.75) is 0 Å². The molecule has 0 aliphatic rings. The van der Waals surface area contributed by atoms with Crippen molar-refractivity contribution in [3.63, 3.8) is 0 Å².